The Bertz CT molecular complexity index is 384. The molecule has 94 valence electrons. The molecule has 1 rings (SSSR count). The predicted molar refractivity (Wildman–Crippen MR) is 69.7 cm³/mol. The zero-order valence-corrected chi connectivity index (χ0v) is 11.5. The number of hydrogen-bond donors (Lipinski definition) is 2. The number of aliphatic hydroxyl groups is 1. The average molecular weight is 321 g/mol. The van der Waals surface area contributed by atoms with Crippen molar-refractivity contribution in [2.24, 2.45) is 0 Å². The van der Waals surface area contributed by atoms with Crippen molar-refractivity contribution in [1.82, 2.24) is 0 Å². The highest BCUT2D eigenvalue weighted by atomic mass is 79.9. The minimum absolute atomic E-state index is 0.0200. The molecular formula is C11H13BrO4S. The molecule has 0 heterocycles. The molecule has 0 radical (unpaired) electrons. The number of carbonyl (C=O) groups is 1. The largest absolute Gasteiger partial charge is 0.478 e. The Labute approximate surface area is 112 Å². The minimum Gasteiger partial charge on any atom is -0.478 e. The van der Waals surface area contributed by atoms with Gasteiger partial charge in [-0.15, -0.1) is 11.8 Å². The molecule has 6 heteroatoms. The number of carboxylic acid groups (broad SMARTS) is 1. The van der Waals surface area contributed by atoms with Crippen LogP contribution in [-0.2, 0) is 4.74 Å². The Balaban J connectivity index is 2.49. The van der Waals surface area contributed by atoms with Crippen LogP contribution in [-0.4, -0.2) is 41.8 Å². The molecule has 0 aliphatic rings. The predicted octanol–water partition coefficient (Wildman–Crippen LogP) is 2.25. The van der Waals surface area contributed by atoms with Crippen LogP contribution in [0.15, 0.2) is 27.6 Å². The number of rotatable bonds is 7. The summed E-state index contributed by atoms with van der Waals surface area (Å²) >= 11 is 4.71. The van der Waals surface area contributed by atoms with Gasteiger partial charge in [0, 0.05) is 15.1 Å². The van der Waals surface area contributed by atoms with E-state index in [0.29, 0.717) is 17.7 Å². The highest BCUT2D eigenvalue weighted by Gasteiger charge is 2.08. The van der Waals surface area contributed by atoms with Crippen LogP contribution in [0, 0.1) is 0 Å². The number of halogens is 1. The lowest BCUT2D eigenvalue weighted by atomic mass is 10.2. The average Bonchev–Trinajstić information content (AvgIpc) is 2.30. The lowest BCUT2D eigenvalue weighted by Gasteiger charge is -2.05. The first-order chi connectivity index (χ1) is 8.15. The maximum Gasteiger partial charge on any atom is 0.336 e. The third-order valence-corrected chi connectivity index (χ3v) is 3.55. The molecule has 2 N–H and O–H groups in total. The zero-order chi connectivity index (χ0) is 12.7. The van der Waals surface area contributed by atoms with Crippen LogP contribution in [0.2, 0.25) is 0 Å². The molecule has 0 amide bonds. The summed E-state index contributed by atoms with van der Waals surface area (Å²) in [4.78, 5) is 11.8. The van der Waals surface area contributed by atoms with Gasteiger partial charge in [-0.3, -0.25) is 0 Å². The lowest BCUT2D eigenvalue weighted by molar-refractivity contribution is 0.0695. The van der Waals surface area contributed by atoms with E-state index in [2.05, 4.69) is 15.9 Å². The molecule has 0 aliphatic carbocycles. The quantitative estimate of drug-likeness (QED) is 0.596. The van der Waals surface area contributed by atoms with Gasteiger partial charge in [-0.2, -0.15) is 0 Å². The van der Waals surface area contributed by atoms with E-state index >= 15 is 0 Å². The van der Waals surface area contributed by atoms with E-state index in [4.69, 9.17) is 14.9 Å². The van der Waals surface area contributed by atoms with E-state index in [9.17, 15) is 4.79 Å². The van der Waals surface area contributed by atoms with Crippen molar-refractivity contribution >= 4 is 33.7 Å². The first-order valence-electron chi connectivity index (χ1n) is 4.99. The summed E-state index contributed by atoms with van der Waals surface area (Å²) in [6.45, 7) is 0.886. The van der Waals surface area contributed by atoms with Crippen molar-refractivity contribution < 1.29 is 19.7 Å². The van der Waals surface area contributed by atoms with Crippen molar-refractivity contribution in [3.05, 3.63) is 28.2 Å². The van der Waals surface area contributed by atoms with Crippen LogP contribution >= 0.6 is 27.7 Å². The monoisotopic (exact) mass is 320 g/mol. The summed E-state index contributed by atoms with van der Waals surface area (Å²) in [5.41, 5.74) is 0.256. The van der Waals surface area contributed by atoms with Gasteiger partial charge in [0.15, 0.2) is 0 Å². The number of thioether (sulfide) groups is 1. The van der Waals surface area contributed by atoms with Gasteiger partial charge in [-0.25, -0.2) is 4.79 Å². The van der Waals surface area contributed by atoms with E-state index in [1.807, 2.05) is 6.07 Å². The summed E-state index contributed by atoms with van der Waals surface area (Å²) in [6.07, 6.45) is 0. The molecule has 4 nitrogen and oxygen atoms in total. The Morgan fingerprint density at radius 2 is 2.18 bits per heavy atom. The van der Waals surface area contributed by atoms with Gasteiger partial charge in [-0.1, -0.05) is 0 Å². The second kappa shape index (κ2) is 7.71. The smallest absolute Gasteiger partial charge is 0.336 e. The molecule has 0 saturated heterocycles. The summed E-state index contributed by atoms with van der Waals surface area (Å²) in [5, 5.41) is 17.4. The van der Waals surface area contributed by atoms with Crippen LogP contribution in [0.1, 0.15) is 10.4 Å². The fraction of sp³-hybridized carbons (Fsp3) is 0.364. The maximum absolute atomic E-state index is 10.9. The Morgan fingerprint density at radius 3 is 2.82 bits per heavy atom. The number of benzene rings is 1. The van der Waals surface area contributed by atoms with Crippen molar-refractivity contribution in [3.8, 4) is 0 Å². The molecule has 0 spiro atoms. The van der Waals surface area contributed by atoms with Gasteiger partial charge in [0.1, 0.15) is 0 Å². The molecule has 0 aromatic heterocycles. The van der Waals surface area contributed by atoms with Gasteiger partial charge >= 0.3 is 5.97 Å². The van der Waals surface area contributed by atoms with E-state index in [0.717, 1.165) is 10.6 Å². The van der Waals surface area contributed by atoms with Crippen molar-refractivity contribution in [2.45, 2.75) is 4.90 Å². The van der Waals surface area contributed by atoms with E-state index in [1.54, 1.807) is 12.1 Å². The number of carboxylic acids is 1. The standard InChI is InChI=1S/C11H13BrO4S/c12-10-2-1-8(7-9(10)11(14)15)17-6-5-16-4-3-13/h1-2,7,13H,3-6H2,(H,14,15). The van der Waals surface area contributed by atoms with Crippen LogP contribution in [0.5, 0.6) is 0 Å². The van der Waals surface area contributed by atoms with Gasteiger partial charge in [0.05, 0.1) is 25.4 Å². The second-order valence-corrected chi connectivity index (χ2v) is 5.15. The number of ether oxygens (including phenoxy) is 1. The van der Waals surface area contributed by atoms with Crippen molar-refractivity contribution in [3.63, 3.8) is 0 Å². The molecule has 0 fully saturated rings. The van der Waals surface area contributed by atoms with E-state index in [-0.39, 0.29) is 12.2 Å². The van der Waals surface area contributed by atoms with Crippen LogP contribution < -0.4 is 0 Å². The zero-order valence-electron chi connectivity index (χ0n) is 9.06. The van der Waals surface area contributed by atoms with Crippen LogP contribution in [0.3, 0.4) is 0 Å². The van der Waals surface area contributed by atoms with E-state index in [1.165, 1.54) is 11.8 Å². The molecule has 0 bridgehead atoms. The minimum atomic E-state index is -0.948. The van der Waals surface area contributed by atoms with Gasteiger partial charge in [-0.05, 0) is 34.1 Å². The Morgan fingerprint density at radius 1 is 1.41 bits per heavy atom. The van der Waals surface area contributed by atoms with Crippen molar-refractivity contribution in [2.75, 3.05) is 25.6 Å². The maximum atomic E-state index is 10.9. The molecule has 0 unspecified atom stereocenters. The van der Waals surface area contributed by atoms with Gasteiger partial charge in [0.25, 0.3) is 0 Å². The molecule has 0 saturated carbocycles. The number of aromatic carboxylic acids is 1. The first-order valence-corrected chi connectivity index (χ1v) is 6.77. The Kier molecular flexibility index (Phi) is 6.57. The molecule has 1 aromatic rings. The van der Waals surface area contributed by atoms with Crippen LogP contribution in [0.4, 0.5) is 0 Å². The molecule has 0 aliphatic heterocycles. The van der Waals surface area contributed by atoms with E-state index < -0.39 is 5.97 Å². The SMILES string of the molecule is O=C(O)c1cc(SCCOCCO)ccc1Br. The number of aliphatic hydroxyl groups excluding tert-OH is 1. The summed E-state index contributed by atoms with van der Waals surface area (Å²) < 4.78 is 5.68. The third-order valence-electron chi connectivity index (χ3n) is 1.90. The molecular weight excluding hydrogens is 308 g/mol. The third kappa shape index (κ3) is 5.08. The lowest BCUT2D eigenvalue weighted by Crippen LogP contribution is -2.02. The van der Waals surface area contributed by atoms with Gasteiger partial charge in [0.2, 0.25) is 0 Å². The molecule has 1 aromatic carbocycles. The molecule has 17 heavy (non-hydrogen) atoms. The summed E-state index contributed by atoms with van der Waals surface area (Å²) in [6, 6.07) is 5.21. The molecule has 0 atom stereocenters. The van der Waals surface area contributed by atoms with Crippen LogP contribution in [0.25, 0.3) is 0 Å². The second-order valence-electron chi connectivity index (χ2n) is 3.13. The Hall–Kier alpha value is -0.560. The highest BCUT2D eigenvalue weighted by molar-refractivity contribution is 9.10. The van der Waals surface area contributed by atoms with Crippen molar-refractivity contribution in [1.29, 1.82) is 0 Å². The summed E-state index contributed by atoms with van der Waals surface area (Å²) in [5.74, 6) is -0.225. The summed E-state index contributed by atoms with van der Waals surface area (Å²) in [7, 11) is 0. The number of hydrogen-bond acceptors (Lipinski definition) is 4. The highest BCUT2D eigenvalue weighted by Crippen LogP contribution is 2.24. The topological polar surface area (TPSA) is 66.8 Å². The normalized spacial score (nSPS) is 10.5. The van der Waals surface area contributed by atoms with Gasteiger partial charge < -0.3 is 14.9 Å². The first kappa shape index (κ1) is 14.5. The fourth-order valence-corrected chi connectivity index (χ4v) is 2.36. The fourth-order valence-electron chi connectivity index (χ4n) is 1.14.